The first-order valence-corrected chi connectivity index (χ1v) is 6.95. The van der Waals surface area contributed by atoms with Gasteiger partial charge < -0.3 is 4.74 Å². The lowest BCUT2D eigenvalue weighted by molar-refractivity contribution is 0.232. The summed E-state index contributed by atoms with van der Waals surface area (Å²) in [6.45, 7) is 2.29. The Balaban J connectivity index is 2.15. The molecule has 1 aromatic carbocycles. The molecular formula is C15H23FN2O. The van der Waals surface area contributed by atoms with Crippen molar-refractivity contribution in [2.75, 3.05) is 7.11 Å². The Morgan fingerprint density at radius 3 is 2.53 bits per heavy atom. The Hall–Kier alpha value is -1.13. The molecule has 1 fully saturated rings. The number of rotatable bonds is 4. The molecule has 3 N–H and O–H groups in total. The van der Waals surface area contributed by atoms with Gasteiger partial charge in [0.2, 0.25) is 0 Å². The van der Waals surface area contributed by atoms with Crippen LogP contribution in [0, 0.1) is 17.7 Å². The van der Waals surface area contributed by atoms with Gasteiger partial charge in [0.05, 0.1) is 7.11 Å². The predicted octanol–water partition coefficient (Wildman–Crippen LogP) is 3.17. The molecule has 0 radical (unpaired) electrons. The molecule has 4 heteroatoms. The molecule has 1 unspecified atom stereocenters. The van der Waals surface area contributed by atoms with Crippen molar-refractivity contribution in [2.24, 2.45) is 17.7 Å². The van der Waals surface area contributed by atoms with Crippen LogP contribution in [0.25, 0.3) is 0 Å². The van der Waals surface area contributed by atoms with Crippen molar-refractivity contribution in [1.82, 2.24) is 5.43 Å². The second-order valence-corrected chi connectivity index (χ2v) is 5.56. The smallest absolute Gasteiger partial charge is 0.165 e. The molecule has 106 valence electrons. The number of halogens is 1. The van der Waals surface area contributed by atoms with Crippen molar-refractivity contribution in [3.63, 3.8) is 0 Å². The lowest BCUT2D eigenvalue weighted by atomic mass is 9.77. The van der Waals surface area contributed by atoms with Gasteiger partial charge in [0.25, 0.3) is 0 Å². The molecule has 1 aliphatic rings. The summed E-state index contributed by atoms with van der Waals surface area (Å²) in [6.07, 6.45) is 4.73. The normalized spacial score (nSPS) is 25.1. The maximum atomic E-state index is 13.8. The van der Waals surface area contributed by atoms with Gasteiger partial charge in [-0.15, -0.1) is 0 Å². The van der Waals surface area contributed by atoms with Crippen LogP contribution in [0.2, 0.25) is 0 Å². The zero-order valence-electron chi connectivity index (χ0n) is 11.7. The first kappa shape index (κ1) is 14.3. The highest BCUT2D eigenvalue weighted by Gasteiger charge is 2.27. The van der Waals surface area contributed by atoms with Gasteiger partial charge in [0.1, 0.15) is 0 Å². The summed E-state index contributed by atoms with van der Waals surface area (Å²) in [7, 11) is 1.47. The molecule has 1 saturated carbocycles. The Morgan fingerprint density at radius 1 is 1.32 bits per heavy atom. The molecular weight excluding hydrogens is 243 g/mol. The van der Waals surface area contributed by atoms with E-state index in [1.54, 1.807) is 6.07 Å². The van der Waals surface area contributed by atoms with Gasteiger partial charge in [0, 0.05) is 6.04 Å². The van der Waals surface area contributed by atoms with E-state index in [1.807, 2.05) is 6.07 Å². The van der Waals surface area contributed by atoms with Crippen LogP contribution in [-0.2, 0) is 0 Å². The number of nitrogens with two attached hydrogens (primary N) is 1. The number of hydrazine groups is 1. The van der Waals surface area contributed by atoms with E-state index < -0.39 is 0 Å². The Bertz CT molecular complexity index is 417. The lowest BCUT2D eigenvalue weighted by Gasteiger charge is -2.32. The fraction of sp³-hybridized carbons (Fsp3) is 0.600. The number of methoxy groups -OCH3 is 1. The van der Waals surface area contributed by atoms with Crippen LogP contribution in [0.3, 0.4) is 0 Å². The van der Waals surface area contributed by atoms with Crippen LogP contribution < -0.4 is 16.0 Å². The molecule has 2 rings (SSSR count). The molecule has 1 aromatic rings. The van der Waals surface area contributed by atoms with Crippen molar-refractivity contribution in [3.05, 3.63) is 29.6 Å². The summed E-state index contributed by atoms with van der Waals surface area (Å²) in [5.74, 6) is 6.91. The second-order valence-electron chi connectivity index (χ2n) is 5.56. The van der Waals surface area contributed by atoms with Gasteiger partial charge in [-0.1, -0.05) is 25.8 Å². The maximum absolute atomic E-state index is 13.8. The summed E-state index contributed by atoms with van der Waals surface area (Å²) in [5, 5.41) is 0. The fourth-order valence-corrected chi connectivity index (χ4v) is 3.00. The summed E-state index contributed by atoms with van der Waals surface area (Å²) in [4.78, 5) is 0. The first-order chi connectivity index (χ1) is 9.15. The molecule has 0 amide bonds. The SMILES string of the molecule is COc1ccc(C(NN)C2CCC(C)CC2)cc1F. The Labute approximate surface area is 114 Å². The molecule has 0 saturated heterocycles. The molecule has 0 aliphatic heterocycles. The highest BCUT2D eigenvalue weighted by Crippen LogP contribution is 2.37. The van der Waals surface area contributed by atoms with Crippen molar-refractivity contribution in [1.29, 1.82) is 0 Å². The van der Waals surface area contributed by atoms with Crippen molar-refractivity contribution in [3.8, 4) is 5.75 Å². The van der Waals surface area contributed by atoms with E-state index in [-0.39, 0.29) is 17.6 Å². The van der Waals surface area contributed by atoms with E-state index >= 15 is 0 Å². The van der Waals surface area contributed by atoms with Crippen LogP contribution in [0.4, 0.5) is 4.39 Å². The quantitative estimate of drug-likeness (QED) is 0.650. The van der Waals surface area contributed by atoms with Crippen molar-refractivity contribution >= 4 is 0 Å². The maximum Gasteiger partial charge on any atom is 0.165 e. The molecule has 1 aliphatic carbocycles. The summed E-state index contributed by atoms with van der Waals surface area (Å²) in [5.41, 5.74) is 3.76. The first-order valence-electron chi connectivity index (χ1n) is 6.95. The van der Waals surface area contributed by atoms with Crippen molar-refractivity contribution in [2.45, 2.75) is 38.6 Å². The van der Waals surface area contributed by atoms with Crippen LogP contribution in [0.1, 0.15) is 44.2 Å². The number of hydrogen-bond donors (Lipinski definition) is 2. The average molecular weight is 266 g/mol. The summed E-state index contributed by atoms with van der Waals surface area (Å²) in [6, 6.07) is 5.11. The van der Waals surface area contributed by atoms with Crippen LogP contribution in [0.15, 0.2) is 18.2 Å². The molecule has 0 spiro atoms. The minimum absolute atomic E-state index is 0.0212. The van der Waals surface area contributed by atoms with Gasteiger partial charge in [-0.25, -0.2) is 4.39 Å². The topological polar surface area (TPSA) is 47.3 Å². The van der Waals surface area contributed by atoms with Gasteiger partial charge in [-0.3, -0.25) is 11.3 Å². The molecule has 19 heavy (non-hydrogen) atoms. The third-order valence-electron chi connectivity index (χ3n) is 4.25. The Kier molecular flexibility index (Phi) is 4.77. The van der Waals surface area contributed by atoms with E-state index in [1.165, 1.54) is 26.0 Å². The lowest BCUT2D eigenvalue weighted by Crippen LogP contribution is -2.35. The van der Waals surface area contributed by atoms with E-state index in [0.29, 0.717) is 5.92 Å². The fourth-order valence-electron chi connectivity index (χ4n) is 3.00. The molecule has 0 aromatic heterocycles. The van der Waals surface area contributed by atoms with E-state index in [9.17, 15) is 4.39 Å². The summed E-state index contributed by atoms with van der Waals surface area (Å²) < 4.78 is 18.7. The third-order valence-corrected chi connectivity index (χ3v) is 4.25. The van der Waals surface area contributed by atoms with Gasteiger partial charge in [0.15, 0.2) is 11.6 Å². The molecule has 3 nitrogen and oxygen atoms in total. The molecule has 0 heterocycles. The van der Waals surface area contributed by atoms with Crippen LogP contribution in [-0.4, -0.2) is 7.11 Å². The molecule has 1 atom stereocenters. The van der Waals surface area contributed by atoms with E-state index in [0.717, 1.165) is 24.3 Å². The highest BCUT2D eigenvalue weighted by molar-refractivity contribution is 5.31. The second kappa shape index (κ2) is 6.35. The number of nitrogens with one attached hydrogen (secondary N) is 1. The van der Waals surface area contributed by atoms with Crippen molar-refractivity contribution < 1.29 is 9.13 Å². The zero-order chi connectivity index (χ0) is 13.8. The predicted molar refractivity (Wildman–Crippen MR) is 74.1 cm³/mol. The standard InChI is InChI=1S/C15H23FN2O/c1-10-3-5-11(6-4-10)15(18-17)12-7-8-14(19-2)13(16)9-12/h7-11,15,18H,3-6,17H2,1-2H3. The summed E-state index contributed by atoms with van der Waals surface area (Å²) >= 11 is 0. The minimum Gasteiger partial charge on any atom is -0.494 e. The van der Waals surface area contributed by atoms with Gasteiger partial charge in [-0.05, 0) is 42.4 Å². The van der Waals surface area contributed by atoms with E-state index in [4.69, 9.17) is 10.6 Å². The zero-order valence-corrected chi connectivity index (χ0v) is 11.7. The monoisotopic (exact) mass is 266 g/mol. The van der Waals surface area contributed by atoms with Crippen LogP contribution in [0.5, 0.6) is 5.75 Å². The van der Waals surface area contributed by atoms with Gasteiger partial charge >= 0.3 is 0 Å². The number of benzene rings is 1. The van der Waals surface area contributed by atoms with Crippen LogP contribution >= 0.6 is 0 Å². The average Bonchev–Trinajstić information content (AvgIpc) is 2.42. The number of ether oxygens (including phenoxy) is 1. The van der Waals surface area contributed by atoms with E-state index in [2.05, 4.69) is 12.3 Å². The largest absolute Gasteiger partial charge is 0.494 e. The Morgan fingerprint density at radius 2 is 2.00 bits per heavy atom. The molecule has 0 bridgehead atoms. The third kappa shape index (κ3) is 3.25. The number of hydrogen-bond acceptors (Lipinski definition) is 3. The highest BCUT2D eigenvalue weighted by atomic mass is 19.1. The van der Waals surface area contributed by atoms with Gasteiger partial charge in [-0.2, -0.15) is 0 Å². The minimum atomic E-state index is -0.329.